The molecule has 0 radical (unpaired) electrons. The summed E-state index contributed by atoms with van der Waals surface area (Å²) >= 11 is 6.14. The summed E-state index contributed by atoms with van der Waals surface area (Å²) in [6.07, 6.45) is 0. The number of ether oxygens (including phenoxy) is 2. The van der Waals surface area contributed by atoms with Gasteiger partial charge in [-0.25, -0.2) is 0 Å². The second-order valence-corrected chi connectivity index (χ2v) is 5.49. The molecule has 5 heteroatoms. The van der Waals surface area contributed by atoms with Gasteiger partial charge in [-0.1, -0.05) is 23.7 Å². The van der Waals surface area contributed by atoms with Crippen LogP contribution in [-0.4, -0.2) is 31.6 Å². The highest BCUT2D eigenvalue weighted by Crippen LogP contribution is 2.26. The van der Waals surface area contributed by atoms with E-state index >= 15 is 0 Å². The van der Waals surface area contributed by atoms with Crippen molar-refractivity contribution in [3.8, 4) is 11.5 Å². The number of rotatable bonds is 6. The number of benzene rings is 2. The summed E-state index contributed by atoms with van der Waals surface area (Å²) in [5.41, 5.74) is 1.56. The molecule has 0 saturated heterocycles. The van der Waals surface area contributed by atoms with Crippen LogP contribution in [0.3, 0.4) is 0 Å². The summed E-state index contributed by atoms with van der Waals surface area (Å²) in [6, 6.07) is 12.7. The van der Waals surface area contributed by atoms with Gasteiger partial charge in [0, 0.05) is 19.2 Å². The van der Waals surface area contributed by atoms with Crippen molar-refractivity contribution in [2.75, 3.05) is 20.8 Å². The SMILES string of the molecule is CCOc1ccc(C(=O)N(C)Cc2ccc(OC)cc2)cc1Cl. The highest BCUT2D eigenvalue weighted by Gasteiger charge is 2.14. The van der Waals surface area contributed by atoms with Crippen LogP contribution in [-0.2, 0) is 6.54 Å². The van der Waals surface area contributed by atoms with Crippen LogP contribution < -0.4 is 9.47 Å². The number of halogens is 1. The zero-order valence-electron chi connectivity index (χ0n) is 13.5. The lowest BCUT2D eigenvalue weighted by molar-refractivity contribution is 0.0785. The average molecular weight is 334 g/mol. The largest absolute Gasteiger partial charge is 0.497 e. The molecule has 122 valence electrons. The van der Waals surface area contributed by atoms with Crippen LogP contribution in [0, 0.1) is 0 Å². The Labute approximate surface area is 141 Å². The van der Waals surface area contributed by atoms with E-state index in [-0.39, 0.29) is 5.91 Å². The Hall–Kier alpha value is -2.20. The molecular formula is C18H20ClNO3. The predicted octanol–water partition coefficient (Wildman–Crippen LogP) is 4.02. The average Bonchev–Trinajstić information content (AvgIpc) is 2.57. The molecule has 0 saturated carbocycles. The standard InChI is InChI=1S/C18H20ClNO3/c1-4-23-17-10-7-14(11-16(17)19)18(21)20(2)12-13-5-8-15(22-3)9-6-13/h5-11H,4,12H2,1-3H3. The fraction of sp³-hybridized carbons (Fsp3) is 0.278. The lowest BCUT2D eigenvalue weighted by Gasteiger charge is -2.18. The maximum atomic E-state index is 12.5. The van der Waals surface area contributed by atoms with Crippen molar-refractivity contribution in [2.45, 2.75) is 13.5 Å². The van der Waals surface area contributed by atoms with Crippen LogP contribution in [0.15, 0.2) is 42.5 Å². The summed E-state index contributed by atoms with van der Waals surface area (Å²) in [5.74, 6) is 1.29. The van der Waals surface area contributed by atoms with E-state index in [1.807, 2.05) is 31.2 Å². The quantitative estimate of drug-likeness (QED) is 0.801. The summed E-state index contributed by atoms with van der Waals surface area (Å²) in [6.45, 7) is 2.93. The second kappa shape index (κ2) is 7.88. The Morgan fingerprint density at radius 3 is 2.43 bits per heavy atom. The zero-order chi connectivity index (χ0) is 16.8. The Morgan fingerprint density at radius 1 is 1.17 bits per heavy atom. The fourth-order valence-corrected chi connectivity index (χ4v) is 2.44. The van der Waals surface area contributed by atoms with Gasteiger partial charge in [0.15, 0.2) is 0 Å². The molecule has 0 unspecified atom stereocenters. The van der Waals surface area contributed by atoms with E-state index in [0.29, 0.717) is 29.5 Å². The minimum absolute atomic E-state index is 0.0919. The molecule has 4 nitrogen and oxygen atoms in total. The maximum absolute atomic E-state index is 12.5. The number of hydrogen-bond acceptors (Lipinski definition) is 3. The van der Waals surface area contributed by atoms with Gasteiger partial charge in [-0.15, -0.1) is 0 Å². The normalized spacial score (nSPS) is 10.3. The minimum atomic E-state index is -0.0919. The van der Waals surface area contributed by atoms with Crippen molar-refractivity contribution >= 4 is 17.5 Å². The van der Waals surface area contributed by atoms with E-state index in [9.17, 15) is 4.79 Å². The van der Waals surface area contributed by atoms with Crippen molar-refractivity contribution in [1.29, 1.82) is 0 Å². The molecule has 0 atom stereocenters. The molecule has 2 aromatic carbocycles. The van der Waals surface area contributed by atoms with E-state index in [1.165, 1.54) is 0 Å². The summed E-state index contributed by atoms with van der Waals surface area (Å²) in [7, 11) is 3.39. The molecule has 0 aliphatic carbocycles. The van der Waals surface area contributed by atoms with Crippen molar-refractivity contribution < 1.29 is 14.3 Å². The lowest BCUT2D eigenvalue weighted by Crippen LogP contribution is -2.26. The Balaban J connectivity index is 2.07. The van der Waals surface area contributed by atoms with Gasteiger partial charge in [0.05, 0.1) is 18.7 Å². The molecule has 1 amide bonds. The van der Waals surface area contributed by atoms with Crippen molar-refractivity contribution in [1.82, 2.24) is 4.90 Å². The second-order valence-electron chi connectivity index (χ2n) is 5.09. The van der Waals surface area contributed by atoms with Crippen LogP contribution in [0.25, 0.3) is 0 Å². The first-order valence-electron chi connectivity index (χ1n) is 7.36. The van der Waals surface area contributed by atoms with Crippen LogP contribution in [0.4, 0.5) is 0 Å². The Morgan fingerprint density at radius 2 is 1.87 bits per heavy atom. The van der Waals surface area contributed by atoms with E-state index in [2.05, 4.69) is 0 Å². The van der Waals surface area contributed by atoms with Gasteiger partial charge in [-0.05, 0) is 42.8 Å². The molecule has 0 heterocycles. The van der Waals surface area contributed by atoms with Crippen LogP contribution in [0.5, 0.6) is 11.5 Å². The molecule has 2 rings (SSSR count). The van der Waals surface area contributed by atoms with Crippen LogP contribution in [0.2, 0.25) is 5.02 Å². The first kappa shape index (κ1) is 17.2. The van der Waals surface area contributed by atoms with Gasteiger partial charge >= 0.3 is 0 Å². The molecule has 0 aromatic heterocycles. The van der Waals surface area contributed by atoms with E-state index in [1.54, 1.807) is 37.3 Å². The minimum Gasteiger partial charge on any atom is -0.497 e. The maximum Gasteiger partial charge on any atom is 0.253 e. The zero-order valence-corrected chi connectivity index (χ0v) is 14.3. The Kier molecular flexibility index (Phi) is 5.88. The van der Waals surface area contributed by atoms with Gasteiger partial charge in [-0.2, -0.15) is 0 Å². The number of methoxy groups -OCH3 is 1. The third kappa shape index (κ3) is 4.39. The van der Waals surface area contributed by atoms with E-state index < -0.39 is 0 Å². The third-order valence-corrected chi connectivity index (χ3v) is 3.70. The third-order valence-electron chi connectivity index (χ3n) is 3.40. The van der Waals surface area contributed by atoms with E-state index in [4.69, 9.17) is 21.1 Å². The molecule has 0 N–H and O–H groups in total. The first-order valence-corrected chi connectivity index (χ1v) is 7.73. The van der Waals surface area contributed by atoms with Gasteiger partial charge in [0.2, 0.25) is 0 Å². The smallest absolute Gasteiger partial charge is 0.253 e. The number of amides is 1. The highest BCUT2D eigenvalue weighted by molar-refractivity contribution is 6.32. The number of hydrogen-bond donors (Lipinski definition) is 0. The first-order chi connectivity index (χ1) is 11.0. The monoisotopic (exact) mass is 333 g/mol. The molecule has 0 spiro atoms. The Bertz CT molecular complexity index is 670. The molecule has 0 aliphatic rings. The van der Waals surface area contributed by atoms with Crippen molar-refractivity contribution in [2.24, 2.45) is 0 Å². The molecule has 0 bridgehead atoms. The van der Waals surface area contributed by atoms with Crippen molar-refractivity contribution in [3.05, 3.63) is 58.6 Å². The lowest BCUT2D eigenvalue weighted by atomic mass is 10.1. The van der Waals surface area contributed by atoms with Gasteiger partial charge < -0.3 is 14.4 Å². The van der Waals surface area contributed by atoms with Crippen LogP contribution in [0.1, 0.15) is 22.8 Å². The summed E-state index contributed by atoms with van der Waals surface area (Å²) in [4.78, 5) is 14.1. The topological polar surface area (TPSA) is 38.8 Å². The fourth-order valence-electron chi connectivity index (χ4n) is 2.20. The van der Waals surface area contributed by atoms with Gasteiger partial charge in [0.25, 0.3) is 5.91 Å². The number of carbonyl (C=O) groups is 1. The van der Waals surface area contributed by atoms with Crippen LogP contribution >= 0.6 is 11.6 Å². The van der Waals surface area contributed by atoms with Gasteiger partial charge in [-0.3, -0.25) is 4.79 Å². The van der Waals surface area contributed by atoms with Crippen molar-refractivity contribution in [3.63, 3.8) is 0 Å². The van der Waals surface area contributed by atoms with Gasteiger partial charge in [0.1, 0.15) is 11.5 Å². The predicted molar refractivity (Wildman–Crippen MR) is 91.4 cm³/mol. The number of carbonyl (C=O) groups excluding carboxylic acids is 1. The molecule has 2 aromatic rings. The highest BCUT2D eigenvalue weighted by atomic mass is 35.5. The number of nitrogens with zero attached hydrogens (tertiary/aromatic N) is 1. The summed E-state index contributed by atoms with van der Waals surface area (Å²) < 4.78 is 10.5. The van der Waals surface area contributed by atoms with E-state index in [0.717, 1.165) is 11.3 Å². The molecule has 0 fully saturated rings. The molecule has 23 heavy (non-hydrogen) atoms. The molecular weight excluding hydrogens is 314 g/mol. The summed E-state index contributed by atoms with van der Waals surface area (Å²) in [5, 5.41) is 0.440. The molecule has 0 aliphatic heterocycles.